The second-order valence-electron chi connectivity index (χ2n) is 6.49. The normalized spacial score (nSPS) is 20.6. The molecule has 1 aliphatic rings. The van der Waals surface area contributed by atoms with Crippen LogP contribution < -0.4 is 5.32 Å². The highest BCUT2D eigenvalue weighted by Gasteiger charge is 2.42. The number of alkyl halides is 3. The lowest BCUT2D eigenvalue weighted by Crippen LogP contribution is -2.41. The van der Waals surface area contributed by atoms with Gasteiger partial charge in [0.15, 0.2) is 0 Å². The predicted molar refractivity (Wildman–Crippen MR) is 86.8 cm³/mol. The van der Waals surface area contributed by atoms with E-state index in [-0.39, 0.29) is 35.6 Å². The quantitative estimate of drug-likeness (QED) is 0.890. The van der Waals surface area contributed by atoms with Crippen molar-refractivity contribution < 1.29 is 22.4 Å². The first-order chi connectivity index (χ1) is 12.3. The lowest BCUT2D eigenvalue weighted by atomic mass is 9.85. The number of carbonyl (C=O) groups is 1. The van der Waals surface area contributed by atoms with Gasteiger partial charge in [0.05, 0.1) is 5.92 Å². The summed E-state index contributed by atoms with van der Waals surface area (Å²) in [5.41, 5.74) is 0.143. The minimum Gasteiger partial charge on any atom is -0.443 e. The number of aryl methyl sites for hydroxylation is 1. The second kappa shape index (κ2) is 6.90. The van der Waals surface area contributed by atoms with Crippen LogP contribution in [0.25, 0.3) is 5.88 Å². The molecule has 2 aromatic rings. The molecule has 0 radical (unpaired) electrons. The molecule has 0 aromatic carbocycles. The average molecular weight is 365 g/mol. The van der Waals surface area contributed by atoms with Crippen molar-refractivity contribution in [1.29, 1.82) is 5.26 Å². The number of hydrogen-bond acceptors (Lipinski definition) is 3. The van der Waals surface area contributed by atoms with E-state index in [0.717, 1.165) is 0 Å². The molecule has 0 spiro atoms. The third-order valence-electron chi connectivity index (χ3n) is 4.72. The first-order valence-electron chi connectivity index (χ1n) is 8.35. The van der Waals surface area contributed by atoms with Crippen molar-refractivity contribution >= 4 is 5.91 Å². The summed E-state index contributed by atoms with van der Waals surface area (Å²) in [6.45, 7) is 1.56. The van der Waals surface area contributed by atoms with E-state index < -0.39 is 24.0 Å². The fourth-order valence-electron chi connectivity index (χ4n) is 3.43. The van der Waals surface area contributed by atoms with Gasteiger partial charge in [0.1, 0.15) is 23.0 Å². The Morgan fingerprint density at radius 1 is 1.35 bits per heavy atom. The first-order valence-corrected chi connectivity index (χ1v) is 8.35. The van der Waals surface area contributed by atoms with Crippen molar-refractivity contribution in [3.05, 3.63) is 41.4 Å². The number of nitriles is 1. The van der Waals surface area contributed by atoms with E-state index in [9.17, 15) is 23.2 Å². The van der Waals surface area contributed by atoms with Gasteiger partial charge >= 0.3 is 6.18 Å². The van der Waals surface area contributed by atoms with Crippen LogP contribution in [0.15, 0.2) is 28.9 Å². The Kier molecular flexibility index (Phi) is 4.81. The van der Waals surface area contributed by atoms with Crippen molar-refractivity contribution in [2.45, 2.75) is 44.8 Å². The highest BCUT2D eigenvalue weighted by atomic mass is 19.4. The number of hydrogen-bond donors (Lipinski definition) is 1. The van der Waals surface area contributed by atoms with E-state index in [1.54, 1.807) is 36.0 Å². The number of amides is 1. The smallest absolute Gasteiger partial charge is 0.391 e. The Bertz CT molecular complexity index is 831. The van der Waals surface area contributed by atoms with E-state index in [1.807, 2.05) is 6.07 Å². The molecule has 1 amide bonds. The summed E-state index contributed by atoms with van der Waals surface area (Å²) < 4.78 is 46.0. The van der Waals surface area contributed by atoms with Crippen LogP contribution in [0.2, 0.25) is 0 Å². The molecule has 3 rings (SSSR count). The number of carbonyl (C=O) groups excluding carboxylic acids is 1. The van der Waals surface area contributed by atoms with E-state index >= 15 is 0 Å². The van der Waals surface area contributed by atoms with Crippen molar-refractivity contribution in [2.24, 2.45) is 5.92 Å². The standard InChI is InChI=1S/C18H18F3N3O2/c1-11-15(14(10-22)17(26-11)24-7-2-3-8-24)16(25)23-13-6-4-5-12(9-13)18(19,20)21/h2-3,7-8,12-13H,4-6,9H2,1H3,(H,23,25). The number of furan rings is 1. The van der Waals surface area contributed by atoms with Gasteiger partial charge in [-0.1, -0.05) is 6.42 Å². The number of aromatic nitrogens is 1. The van der Waals surface area contributed by atoms with E-state index in [4.69, 9.17) is 4.42 Å². The topological polar surface area (TPSA) is 71.0 Å². The summed E-state index contributed by atoms with van der Waals surface area (Å²) in [5, 5.41) is 12.1. The molecule has 26 heavy (non-hydrogen) atoms. The summed E-state index contributed by atoms with van der Waals surface area (Å²) in [6, 6.07) is 4.89. The second-order valence-corrected chi connectivity index (χ2v) is 6.49. The van der Waals surface area contributed by atoms with Crippen molar-refractivity contribution in [1.82, 2.24) is 9.88 Å². The van der Waals surface area contributed by atoms with Gasteiger partial charge in [-0.15, -0.1) is 0 Å². The molecule has 138 valence electrons. The van der Waals surface area contributed by atoms with Crippen LogP contribution in [-0.4, -0.2) is 22.7 Å². The summed E-state index contributed by atoms with van der Waals surface area (Å²) >= 11 is 0. The fourth-order valence-corrected chi connectivity index (χ4v) is 3.43. The van der Waals surface area contributed by atoms with E-state index in [0.29, 0.717) is 12.8 Å². The molecule has 0 bridgehead atoms. The third kappa shape index (κ3) is 3.47. The monoisotopic (exact) mass is 365 g/mol. The molecule has 1 fully saturated rings. The molecule has 1 saturated carbocycles. The Morgan fingerprint density at radius 2 is 2.04 bits per heavy atom. The Labute approximate surface area is 148 Å². The fraction of sp³-hybridized carbons (Fsp3) is 0.444. The Morgan fingerprint density at radius 3 is 2.65 bits per heavy atom. The van der Waals surface area contributed by atoms with Gasteiger partial charge in [-0.2, -0.15) is 18.4 Å². The molecular formula is C18H18F3N3O2. The zero-order valence-electron chi connectivity index (χ0n) is 14.1. The van der Waals surface area contributed by atoms with Crippen LogP contribution in [0, 0.1) is 24.2 Å². The summed E-state index contributed by atoms with van der Waals surface area (Å²) in [6.07, 6.45) is -0.0683. The number of rotatable bonds is 3. The largest absolute Gasteiger partial charge is 0.443 e. The zero-order valence-corrected chi connectivity index (χ0v) is 14.1. The molecule has 0 saturated heterocycles. The Hall–Kier alpha value is -2.69. The van der Waals surface area contributed by atoms with Crippen LogP contribution >= 0.6 is 0 Å². The number of nitrogens with one attached hydrogen (secondary N) is 1. The zero-order chi connectivity index (χ0) is 18.9. The summed E-state index contributed by atoms with van der Waals surface area (Å²) in [5.74, 6) is -1.50. The highest BCUT2D eigenvalue weighted by Crippen LogP contribution is 2.37. The van der Waals surface area contributed by atoms with Gasteiger partial charge in [-0.05, 0) is 38.3 Å². The molecule has 2 heterocycles. The lowest BCUT2D eigenvalue weighted by Gasteiger charge is -2.31. The summed E-state index contributed by atoms with van der Waals surface area (Å²) in [7, 11) is 0. The molecule has 8 heteroatoms. The summed E-state index contributed by atoms with van der Waals surface area (Å²) in [4.78, 5) is 12.6. The van der Waals surface area contributed by atoms with Crippen molar-refractivity contribution in [3.63, 3.8) is 0 Å². The van der Waals surface area contributed by atoms with Gasteiger partial charge in [0.2, 0.25) is 5.88 Å². The van der Waals surface area contributed by atoms with Crippen LogP contribution in [0.3, 0.4) is 0 Å². The first kappa shape index (κ1) is 18.1. The molecule has 1 aliphatic carbocycles. The van der Waals surface area contributed by atoms with Crippen molar-refractivity contribution in [2.75, 3.05) is 0 Å². The molecule has 1 N–H and O–H groups in total. The molecule has 2 atom stereocenters. The lowest BCUT2D eigenvalue weighted by molar-refractivity contribution is -0.183. The van der Waals surface area contributed by atoms with Crippen LogP contribution in [0.1, 0.15) is 47.4 Å². The SMILES string of the molecule is Cc1oc(-n2cccc2)c(C#N)c1C(=O)NC1CCCC(C(F)(F)F)C1. The minimum atomic E-state index is -4.26. The molecule has 0 aliphatic heterocycles. The maximum atomic E-state index is 12.9. The highest BCUT2D eigenvalue weighted by molar-refractivity contribution is 5.98. The van der Waals surface area contributed by atoms with Gasteiger partial charge in [-0.3, -0.25) is 9.36 Å². The van der Waals surface area contributed by atoms with Crippen LogP contribution in [-0.2, 0) is 0 Å². The van der Waals surface area contributed by atoms with Gasteiger partial charge in [-0.25, -0.2) is 0 Å². The van der Waals surface area contributed by atoms with E-state index in [1.165, 1.54) is 0 Å². The van der Waals surface area contributed by atoms with Crippen LogP contribution in [0.4, 0.5) is 13.2 Å². The van der Waals surface area contributed by atoms with Gasteiger partial charge in [0, 0.05) is 18.4 Å². The maximum absolute atomic E-state index is 12.9. The van der Waals surface area contributed by atoms with Crippen LogP contribution in [0.5, 0.6) is 0 Å². The van der Waals surface area contributed by atoms with Crippen molar-refractivity contribution in [3.8, 4) is 12.0 Å². The minimum absolute atomic E-state index is 0.0689. The molecular weight excluding hydrogens is 347 g/mol. The van der Waals surface area contributed by atoms with Gasteiger partial charge < -0.3 is 9.73 Å². The van der Waals surface area contributed by atoms with E-state index in [2.05, 4.69) is 5.32 Å². The molecule has 5 nitrogen and oxygen atoms in total. The molecule has 2 unspecified atom stereocenters. The third-order valence-corrected chi connectivity index (χ3v) is 4.72. The predicted octanol–water partition coefficient (Wildman–Crippen LogP) is 4.10. The Balaban J connectivity index is 1.81. The number of halogens is 3. The molecule has 2 aromatic heterocycles. The average Bonchev–Trinajstić information content (AvgIpc) is 3.21. The maximum Gasteiger partial charge on any atom is 0.391 e. The number of nitrogens with zero attached hydrogens (tertiary/aromatic N) is 2. The van der Waals surface area contributed by atoms with Gasteiger partial charge in [0.25, 0.3) is 5.91 Å².